The lowest BCUT2D eigenvalue weighted by molar-refractivity contribution is 0.417. The van der Waals surface area contributed by atoms with Gasteiger partial charge in [0.25, 0.3) is 10.0 Å². The van der Waals surface area contributed by atoms with E-state index in [0.29, 0.717) is 28.5 Å². The summed E-state index contributed by atoms with van der Waals surface area (Å²) in [5.74, 6) is 1.67. The molecule has 0 bridgehead atoms. The maximum absolute atomic E-state index is 12.5. The molecule has 0 saturated carbocycles. The van der Waals surface area contributed by atoms with Gasteiger partial charge in [-0.05, 0) is 66.8 Å². The molecule has 0 amide bonds. The van der Waals surface area contributed by atoms with E-state index in [0.717, 1.165) is 0 Å². The van der Waals surface area contributed by atoms with Gasteiger partial charge in [0.2, 0.25) is 5.95 Å². The van der Waals surface area contributed by atoms with Gasteiger partial charge < -0.3 is 14.5 Å². The van der Waals surface area contributed by atoms with Crippen LogP contribution in [-0.2, 0) is 10.0 Å². The highest BCUT2D eigenvalue weighted by Crippen LogP contribution is 2.24. The van der Waals surface area contributed by atoms with Crippen molar-refractivity contribution >= 4 is 45.2 Å². The van der Waals surface area contributed by atoms with E-state index < -0.39 is 10.0 Å². The average molecular weight is 509 g/mol. The molecule has 10 nitrogen and oxygen atoms in total. The lowest BCUT2D eigenvalue weighted by Crippen LogP contribution is -2.24. The second-order valence-corrected chi connectivity index (χ2v) is 9.02. The van der Waals surface area contributed by atoms with E-state index in [9.17, 15) is 8.42 Å². The Morgan fingerprint density at radius 1 is 1.03 bits per heavy atom. The lowest BCUT2D eigenvalue weighted by atomic mass is 10.2. The molecule has 0 spiro atoms. The van der Waals surface area contributed by atoms with E-state index >= 15 is 0 Å². The second kappa shape index (κ2) is 10.8. The highest BCUT2D eigenvalue weighted by molar-refractivity contribution is 7.92. The van der Waals surface area contributed by atoms with Crippen LogP contribution < -0.4 is 20.2 Å². The molecule has 178 valence electrons. The van der Waals surface area contributed by atoms with Crippen LogP contribution in [-0.4, -0.2) is 36.8 Å². The number of hydrazone groups is 1. The average Bonchev–Trinajstić information content (AvgIpc) is 3.34. The van der Waals surface area contributed by atoms with Crippen molar-refractivity contribution in [3.05, 3.63) is 84.9 Å². The molecule has 0 saturated heterocycles. The van der Waals surface area contributed by atoms with Gasteiger partial charge in [-0.1, -0.05) is 12.1 Å². The summed E-state index contributed by atoms with van der Waals surface area (Å²) in [6.07, 6.45) is 4.37. The molecule has 4 aromatic rings. The van der Waals surface area contributed by atoms with E-state index in [-0.39, 0.29) is 16.0 Å². The molecule has 0 atom stereocenters. The van der Waals surface area contributed by atoms with Crippen molar-refractivity contribution in [2.24, 2.45) is 5.10 Å². The van der Waals surface area contributed by atoms with Gasteiger partial charge in [-0.2, -0.15) is 5.10 Å². The van der Waals surface area contributed by atoms with E-state index in [1.54, 1.807) is 37.4 Å². The Bertz CT molecular complexity index is 1440. The van der Waals surface area contributed by atoms with Crippen LogP contribution in [0.25, 0.3) is 11.3 Å². The third kappa shape index (κ3) is 6.19. The van der Waals surface area contributed by atoms with Gasteiger partial charge in [0.1, 0.15) is 17.3 Å². The molecular weight excluding hydrogens is 488 g/mol. The first-order valence-corrected chi connectivity index (χ1v) is 12.1. The van der Waals surface area contributed by atoms with Gasteiger partial charge in [-0.15, -0.1) is 0 Å². The molecule has 0 unspecified atom stereocenters. The monoisotopic (exact) mass is 508 g/mol. The van der Waals surface area contributed by atoms with Crippen molar-refractivity contribution < 1.29 is 17.6 Å². The second-order valence-electron chi connectivity index (χ2n) is 6.93. The number of benzene rings is 2. The molecule has 2 aromatic carbocycles. The minimum absolute atomic E-state index is 0.00210. The number of sulfonamides is 1. The topological polar surface area (TPSA) is 131 Å². The molecule has 35 heavy (non-hydrogen) atoms. The summed E-state index contributed by atoms with van der Waals surface area (Å²) in [5.41, 5.74) is 4.12. The first kappa shape index (κ1) is 23.9. The molecule has 2 aromatic heterocycles. The molecule has 3 N–H and O–H groups in total. The van der Waals surface area contributed by atoms with Crippen LogP contribution in [0.2, 0.25) is 0 Å². The van der Waals surface area contributed by atoms with Gasteiger partial charge >= 0.3 is 0 Å². The number of aromatic nitrogens is 2. The lowest BCUT2D eigenvalue weighted by Gasteiger charge is -2.10. The number of anilines is 2. The van der Waals surface area contributed by atoms with Gasteiger partial charge in [-0.3, -0.25) is 5.43 Å². The SMILES string of the molecule is COc1ccccc1NC(=S)NN=Cc1ccc(-c2ccc(S(=O)(=O)Nc3ncccn3)cc2)o1. The first-order valence-electron chi connectivity index (χ1n) is 10.2. The predicted molar refractivity (Wildman–Crippen MR) is 137 cm³/mol. The standard InChI is InChI=1S/C23H20N6O4S2/c1-32-21-6-3-2-5-19(21)27-23(34)28-26-15-17-9-12-20(33-17)16-7-10-18(11-8-16)35(30,31)29-22-24-13-4-14-25-22/h2-15H,1H3,(H,24,25,29)(H2,27,28,34). The quantitative estimate of drug-likeness (QED) is 0.184. The molecule has 4 rings (SSSR count). The van der Waals surface area contributed by atoms with Gasteiger partial charge in [-0.25, -0.2) is 23.1 Å². The Hall–Kier alpha value is -4.29. The summed E-state index contributed by atoms with van der Waals surface area (Å²) < 4.78 is 38.4. The van der Waals surface area contributed by atoms with Crippen LogP contribution in [0.5, 0.6) is 5.75 Å². The van der Waals surface area contributed by atoms with Crippen LogP contribution in [0, 0.1) is 0 Å². The summed E-state index contributed by atoms with van der Waals surface area (Å²) >= 11 is 5.24. The minimum atomic E-state index is -3.82. The number of ether oxygens (including phenoxy) is 1. The Morgan fingerprint density at radius 3 is 2.51 bits per heavy atom. The third-order valence-corrected chi connectivity index (χ3v) is 6.12. The summed E-state index contributed by atoms with van der Waals surface area (Å²) in [5, 5.41) is 7.36. The van der Waals surface area contributed by atoms with E-state index in [4.69, 9.17) is 21.4 Å². The Kier molecular flexibility index (Phi) is 7.33. The Morgan fingerprint density at radius 2 is 1.77 bits per heavy atom. The summed E-state index contributed by atoms with van der Waals surface area (Å²) in [4.78, 5) is 7.81. The number of nitrogens with zero attached hydrogens (tertiary/aromatic N) is 3. The number of furan rings is 1. The van der Waals surface area contributed by atoms with Crippen molar-refractivity contribution in [2.45, 2.75) is 4.90 Å². The fourth-order valence-electron chi connectivity index (χ4n) is 2.96. The number of hydrogen-bond donors (Lipinski definition) is 3. The van der Waals surface area contributed by atoms with Crippen molar-refractivity contribution in [3.63, 3.8) is 0 Å². The van der Waals surface area contributed by atoms with Crippen molar-refractivity contribution in [1.82, 2.24) is 15.4 Å². The highest BCUT2D eigenvalue weighted by atomic mass is 32.2. The van der Waals surface area contributed by atoms with Crippen molar-refractivity contribution in [2.75, 3.05) is 17.1 Å². The largest absolute Gasteiger partial charge is 0.495 e. The normalized spacial score (nSPS) is 11.2. The molecule has 0 fully saturated rings. The smallest absolute Gasteiger partial charge is 0.264 e. The zero-order valence-electron chi connectivity index (χ0n) is 18.4. The first-order chi connectivity index (χ1) is 16.9. The molecule has 2 heterocycles. The number of methoxy groups -OCH3 is 1. The highest BCUT2D eigenvalue weighted by Gasteiger charge is 2.16. The molecule has 12 heteroatoms. The van der Waals surface area contributed by atoms with Crippen molar-refractivity contribution in [3.8, 4) is 17.1 Å². The van der Waals surface area contributed by atoms with Gasteiger partial charge in [0.05, 0.1) is 23.9 Å². The maximum atomic E-state index is 12.5. The summed E-state index contributed by atoms with van der Waals surface area (Å²) in [6, 6.07) is 18.7. The molecule has 0 aliphatic rings. The number of rotatable bonds is 8. The van der Waals surface area contributed by atoms with E-state index in [1.807, 2.05) is 24.3 Å². The molecule has 0 aliphatic carbocycles. The fraction of sp³-hybridized carbons (Fsp3) is 0.0435. The fourth-order valence-corrected chi connectivity index (χ4v) is 4.08. The molecule has 0 aliphatic heterocycles. The van der Waals surface area contributed by atoms with Gasteiger partial charge in [0, 0.05) is 18.0 Å². The number of para-hydroxylation sites is 2. The maximum Gasteiger partial charge on any atom is 0.264 e. The Labute approximate surface area is 207 Å². The van der Waals surface area contributed by atoms with Crippen LogP contribution >= 0.6 is 12.2 Å². The third-order valence-electron chi connectivity index (χ3n) is 4.58. The number of hydrogen-bond acceptors (Lipinski definition) is 8. The van der Waals surface area contributed by atoms with Crippen molar-refractivity contribution in [1.29, 1.82) is 0 Å². The number of nitrogens with one attached hydrogen (secondary N) is 3. The van der Waals surface area contributed by atoms with Crippen LogP contribution in [0.4, 0.5) is 11.6 Å². The summed E-state index contributed by atoms with van der Waals surface area (Å²) in [6.45, 7) is 0. The van der Waals surface area contributed by atoms with Crippen LogP contribution in [0.3, 0.4) is 0 Å². The molecular formula is C23H20N6O4S2. The van der Waals surface area contributed by atoms with E-state index in [2.05, 4.69) is 30.5 Å². The van der Waals surface area contributed by atoms with Crippen LogP contribution in [0.15, 0.2) is 93.5 Å². The minimum Gasteiger partial charge on any atom is -0.495 e. The molecule has 0 radical (unpaired) electrons. The zero-order chi connectivity index (χ0) is 24.7. The van der Waals surface area contributed by atoms with Crippen LogP contribution in [0.1, 0.15) is 5.76 Å². The van der Waals surface area contributed by atoms with E-state index in [1.165, 1.54) is 30.7 Å². The predicted octanol–water partition coefficient (Wildman–Crippen LogP) is 3.87. The zero-order valence-corrected chi connectivity index (χ0v) is 20.0. The summed E-state index contributed by atoms with van der Waals surface area (Å²) in [7, 11) is -2.24. The Balaban J connectivity index is 1.36. The van der Waals surface area contributed by atoms with Gasteiger partial charge in [0.15, 0.2) is 5.11 Å². The number of thiocarbonyl (C=S) groups is 1.